The molecule has 0 atom stereocenters. The van der Waals surface area contributed by atoms with Crippen LogP contribution < -0.4 is 5.32 Å². The molecule has 0 aliphatic heterocycles. The van der Waals surface area contributed by atoms with Crippen LogP contribution in [-0.2, 0) is 27.1 Å². The molecule has 1 aromatic heterocycles. The first kappa shape index (κ1) is 22.9. The van der Waals surface area contributed by atoms with Crippen LogP contribution in [-0.4, -0.2) is 36.3 Å². The zero-order valence-electron chi connectivity index (χ0n) is 17.6. The Kier molecular flexibility index (Phi) is 8.64. The molecule has 7 heteroatoms. The fraction of sp³-hybridized carbons (Fsp3) is 0.500. The summed E-state index contributed by atoms with van der Waals surface area (Å²) >= 11 is 1.60. The molecule has 0 fully saturated rings. The van der Waals surface area contributed by atoms with Gasteiger partial charge in [-0.05, 0) is 51.2 Å². The number of benzene rings is 1. The maximum absolute atomic E-state index is 11.6. The average molecular weight is 419 g/mol. The molecule has 0 aliphatic carbocycles. The summed E-state index contributed by atoms with van der Waals surface area (Å²) in [5.74, 6) is -0.215. The molecular formula is C22H30N2O4S. The summed E-state index contributed by atoms with van der Waals surface area (Å²) in [6.45, 7) is 6.17. The summed E-state index contributed by atoms with van der Waals surface area (Å²) in [6, 6.07) is 8.46. The van der Waals surface area contributed by atoms with Gasteiger partial charge in [-0.1, -0.05) is 24.3 Å². The lowest BCUT2D eigenvalue weighted by atomic mass is 10.1. The van der Waals surface area contributed by atoms with Gasteiger partial charge in [0.2, 0.25) is 0 Å². The second-order valence-corrected chi connectivity index (χ2v) is 8.89. The second-order valence-electron chi connectivity index (χ2n) is 7.78. The van der Waals surface area contributed by atoms with Crippen LogP contribution in [0.3, 0.4) is 0 Å². The average Bonchev–Trinajstić information content (AvgIpc) is 3.14. The minimum atomic E-state index is -0.466. The SMILES string of the molecule is COC(=O)CCc1ncc(-c2ccc(CCCCNC(=O)OC(C)(C)C)cc2)s1. The summed E-state index contributed by atoms with van der Waals surface area (Å²) in [5.41, 5.74) is 1.93. The smallest absolute Gasteiger partial charge is 0.407 e. The van der Waals surface area contributed by atoms with Crippen molar-refractivity contribution in [2.45, 2.75) is 58.5 Å². The number of hydrogen-bond acceptors (Lipinski definition) is 6. The normalized spacial score (nSPS) is 11.2. The number of nitrogens with zero attached hydrogens (tertiary/aromatic N) is 1. The molecule has 2 aromatic rings. The lowest BCUT2D eigenvalue weighted by molar-refractivity contribution is -0.140. The number of aromatic nitrogens is 1. The molecule has 0 unspecified atom stereocenters. The minimum Gasteiger partial charge on any atom is -0.469 e. The molecule has 1 heterocycles. The second kappa shape index (κ2) is 11.0. The molecule has 1 amide bonds. The summed E-state index contributed by atoms with van der Waals surface area (Å²) in [7, 11) is 1.40. The van der Waals surface area contributed by atoms with Crippen molar-refractivity contribution in [1.82, 2.24) is 10.3 Å². The number of carbonyl (C=O) groups excluding carboxylic acids is 2. The number of amides is 1. The van der Waals surface area contributed by atoms with Gasteiger partial charge in [0.15, 0.2) is 0 Å². The van der Waals surface area contributed by atoms with Gasteiger partial charge in [0.25, 0.3) is 0 Å². The number of ether oxygens (including phenoxy) is 2. The van der Waals surface area contributed by atoms with E-state index in [1.807, 2.05) is 27.0 Å². The Balaban J connectivity index is 1.73. The number of aryl methyl sites for hydroxylation is 2. The molecule has 0 saturated heterocycles. The Morgan fingerprint density at radius 1 is 1.10 bits per heavy atom. The van der Waals surface area contributed by atoms with E-state index in [9.17, 15) is 9.59 Å². The van der Waals surface area contributed by atoms with Gasteiger partial charge in [0.1, 0.15) is 5.60 Å². The number of rotatable bonds is 9. The highest BCUT2D eigenvalue weighted by atomic mass is 32.1. The van der Waals surface area contributed by atoms with E-state index < -0.39 is 5.60 Å². The van der Waals surface area contributed by atoms with Gasteiger partial charge in [0, 0.05) is 19.2 Å². The molecular weight excluding hydrogens is 388 g/mol. The zero-order chi connectivity index (χ0) is 21.3. The molecule has 6 nitrogen and oxygen atoms in total. The summed E-state index contributed by atoms with van der Waals surface area (Å²) in [5, 5.41) is 3.72. The molecule has 0 bridgehead atoms. The number of thiazole rings is 1. The summed E-state index contributed by atoms with van der Waals surface area (Å²) in [4.78, 5) is 28.3. The standard InChI is InChI=1S/C22H30N2O4S/c1-22(2,3)28-21(26)23-14-6-5-7-16-8-10-17(11-9-16)18-15-24-19(29-18)12-13-20(25)27-4/h8-11,15H,5-7,12-14H2,1-4H3,(H,23,26). The van der Waals surface area contributed by atoms with Gasteiger partial charge in [-0.3, -0.25) is 4.79 Å². The van der Waals surface area contributed by atoms with Crippen molar-refractivity contribution < 1.29 is 19.1 Å². The fourth-order valence-corrected chi connectivity index (χ4v) is 3.59. The van der Waals surface area contributed by atoms with Crippen LogP contribution in [0.2, 0.25) is 0 Å². The molecule has 1 N–H and O–H groups in total. The Morgan fingerprint density at radius 2 is 1.83 bits per heavy atom. The van der Waals surface area contributed by atoms with Gasteiger partial charge in [-0.2, -0.15) is 0 Å². The molecule has 0 saturated carbocycles. The molecule has 2 rings (SSSR count). The summed E-state index contributed by atoms with van der Waals surface area (Å²) < 4.78 is 9.88. The van der Waals surface area contributed by atoms with Crippen molar-refractivity contribution >= 4 is 23.4 Å². The van der Waals surface area contributed by atoms with E-state index in [4.69, 9.17) is 4.74 Å². The third kappa shape index (κ3) is 8.64. The minimum absolute atomic E-state index is 0.215. The predicted molar refractivity (Wildman–Crippen MR) is 115 cm³/mol. The van der Waals surface area contributed by atoms with Gasteiger partial charge >= 0.3 is 12.1 Å². The van der Waals surface area contributed by atoms with Crippen molar-refractivity contribution in [3.05, 3.63) is 41.0 Å². The first-order chi connectivity index (χ1) is 13.8. The van der Waals surface area contributed by atoms with E-state index in [1.54, 1.807) is 11.3 Å². The van der Waals surface area contributed by atoms with Crippen LogP contribution in [0.5, 0.6) is 0 Å². The number of hydrogen-bond donors (Lipinski definition) is 1. The number of alkyl carbamates (subject to hydrolysis) is 1. The molecule has 0 radical (unpaired) electrons. The highest BCUT2D eigenvalue weighted by molar-refractivity contribution is 7.15. The number of carbonyl (C=O) groups is 2. The van der Waals surface area contributed by atoms with E-state index in [2.05, 4.69) is 39.3 Å². The van der Waals surface area contributed by atoms with Crippen molar-refractivity contribution in [2.24, 2.45) is 0 Å². The van der Waals surface area contributed by atoms with Crippen molar-refractivity contribution in [2.75, 3.05) is 13.7 Å². The first-order valence-electron chi connectivity index (χ1n) is 9.84. The van der Waals surface area contributed by atoms with Crippen LogP contribution in [0.25, 0.3) is 10.4 Å². The number of methoxy groups -OCH3 is 1. The molecule has 0 spiro atoms. The van der Waals surface area contributed by atoms with Crippen LogP contribution in [0, 0.1) is 0 Å². The van der Waals surface area contributed by atoms with Gasteiger partial charge in [-0.15, -0.1) is 11.3 Å². The van der Waals surface area contributed by atoms with Gasteiger partial charge < -0.3 is 14.8 Å². The lowest BCUT2D eigenvalue weighted by Gasteiger charge is -2.19. The predicted octanol–water partition coefficient (Wildman–Crippen LogP) is 4.76. The Labute approximate surface area is 176 Å². The van der Waals surface area contributed by atoms with E-state index >= 15 is 0 Å². The van der Waals surface area contributed by atoms with Crippen LogP contribution in [0.1, 0.15) is 50.6 Å². The van der Waals surface area contributed by atoms with Crippen LogP contribution in [0.15, 0.2) is 30.5 Å². The van der Waals surface area contributed by atoms with Crippen molar-refractivity contribution in [3.8, 4) is 10.4 Å². The zero-order valence-corrected chi connectivity index (χ0v) is 18.4. The van der Waals surface area contributed by atoms with E-state index in [0.717, 1.165) is 34.7 Å². The Hall–Kier alpha value is -2.41. The van der Waals surface area contributed by atoms with Crippen LogP contribution >= 0.6 is 11.3 Å². The number of unbranched alkanes of at least 4 members (excludes halogenated alkanes) is 1. The first-order valence-corrected chi connectivity index (χ1v) is 10.7. The largest absolute Gasteiger partial charge is 0.469 e. The topological polar surface area (TPSA) is 77.5 Å². The van der Waals surface area contributed by atoms with Gasteiger partial charge in [0.05, 0.1) is 23.4 Å². The van der Waals surface area contributed by atoms with Crippen LogP contribution in [0.4, 0.5) is 4.79 Å². The molecule has 158 valence electrons. The monoisotopic (exact) mass is 418 g/mol. The third-order valence-electron chi connectivity index (χ3n) is 4.12. The van der Waals surface area contributed by atoms with E-state index in [0.29, 0.717) is 19.4 Å². The van der Waals surface area contributed by atoms with E-state index in [-0.39, 0.29) is 12.1 Å². The Morgan fingerprint density at radius 3 is 2.48 bits per heavy atom. The maximum Gasteiger partial charge on any atom is 0.407 e. The maximum atomic E-state index is 11.6. The summed E-state index contributed by atoms with van der Waals surface area (Å²) in [6.07, 6.45) is 5.31. The highest BCUT2D eigenvalue weighted by Gasteiger charge is 2.15. The fourth-order valence-electron chi connectivity index (χ4n) is 2.66. The quantitative estimate of drug-likeness (QED) is 0.469. The van der Waals surface area contributed by atoms with Crippen molar-refractivity contribution in [3.63, 3.8) is 0 Å². The van der Waals surface area contributed by atoms with E-state index in [1.165, 1.54) is 12.7 Å². The number of esters is 1. The molecule has 0 aliphatic rings. The Bertz CT molecular complexity index is 794. The molecule has 29 heavy (non-hydrogen) atoms. The highest BCUT2D eigenvalue weighted by Crippen LogP contribution is 2.27. The molecule has 1 aromatic carbocycles. The van der Waals surface area contributed by atoms with Gasteiger partial charge in [-0.25, -0.2) is 9.78 Å². The van der Waals surface area contributed by atoms with Crippen molar-refractivity contribution in [1.29, 1.82) is 0 Å². The lowest BCUT2D eigenvalue weighted by Crippen LogP contribution is -2.33. The number of nitrogens with one attached hydrogen (secondary N) is 1. The third-order valence-corrected chi connectivity index (χ3v) is 5.23.